The van der Waals surface area contributed by atoms with E-state index in [1.165, 1.54) is 5.39 Å². The van der Waals surface area contributed by atoms with E-state index >= 15 is 0 Å². The summed E-state index contributed by atoms with van der Waals surface area (Å²) in [5.74, 6) is 0.611. The van der Waals surface area contributed by atoms with Gasteiger partial charge in [0.05, 0.1) is 66.9 Å². The minimum atomic E-state index is 0.525. The first-order valence-electron chi connectivity index (χ1n) is 26.3. The number of fused-ring (bicyclic) bond motifs is 14. The van der Waals surface area contributed by atoms with Crippen molar-refractivity contribution in [2.24, 2.45) is 0 Å². The van der Waals surface area contributed by atoms with E-state index in [9.17, 15) is 5.26 Å². The van der Waals surface area contributed by atoms with Crippen LogP contribution in [0.4, 0.5) is 0 Å². The Morgan fingerprint density at radius 1 is 0.295 bits per heavy atom. The van der Waals surface area contributed by atoms with Gasteiger partial charge in [-0.2, -0.15) is 5.26 Å². The predicted octanol–water partition coefficient (Wildman–Crippen LogP) is 17.7. The van der Waals surface area contributed by atoms with Crippen LogP contribution in [0.2, 0.25) is 0 Å². The number of para-hydroxylation sites is 6. The van der Waals surface area contributed by atoms with E-state index in [2.05, 4.69) is 249 Å². The van der Waals surface area contributed by atoms with Gasteiger partial charge in [0.1, 0.15) is 11.6 Å². The van der Waals surface area contributed by atoms with Gasteiger partial charge in [-0.05, 0) is 78.9 Å². The second kappa shape index (κ2) is 17.1. The third-order valence-corrected chi connectivity index (χ3v) is 15.8. The summed E-state index contributed by atoms with van der Waals surface area (Å²) >= 11 is 0. The number of hydrogen-bond donors (Lipinski definition) is 0. The minimum absolute atomic E-state index is 0.525. The molecule has 16 rings (SSSR count). The summed E-state index contributed by atoms with van der Waals surface area (Å²) in [6, 6.07) is 94.8. The topological polar surface area (TPSA) is 69.3 Å². The molecule has 0 saturated heterocycles. The van der Waals surface area contributed by atoms with Crippen LogP contribution >= 0.6 is 0 Å². The maximum absolute atomic E-state index is 12.2. The molecule has 362 valence electrons. The van der Waals surface area contributed by atoms with Gasteiger partial charge in [0.2, 0.25) is 0 Å². The van der Waals surface area contributed by atoms with E-state index in [1.54, 1.807) is 0 Å². The van der Waals surface area contributed by atoms with Crippen molar-refractivity contribution in [2.75, 3.05) is 0 Å². The molecule has 0 amide bonds. The minimum Gasteiger partial charge on any atom is -0.309 e. The Hall–Kier alpha value is -10.8. The summed E-state index contributed by atoms with van der Waals surface area (Å²) < 4.78 is 9.45. The largest absolute Gasteiger partial charge is 0.309 e. The number of nitriles is 1. The highest BCUT2D eigenvalue weighted by Gasteiger charge is 2.28. The van der Waals surface area contributed by atoms with Gasteiger partial charge in [-0.25, -0.2) is 9.97 Å². The standard InChI is InChI=1S/C71H43N7/c72-44-56-65(77-62-36-20-16-32-55(62)68-64(77)40-38-52-50-29-13-17-33-59(50)76(69(52)68)49-27-11-4-12-28-49)41-47(58-43-57(45-21-5-1-6-22-45)73-71(74-58)46-23-7-2-8-24-46)42-66(56)78-60-34-18-14-30-51(60)53-37-39-63-67(70(53)78)54-31-15-19-35-61(54)75(63)48-25-9-3-10-26-48/h1-43H. The fraction of sp³-hybridized carbons (Fsp3) is 0. The number of aromatic nitrogens is 6. The molecule has 0 aliphatic heterocycles. The van der Waals surface area contributed by atoms with Gasteiger partial charge in [0.25, 0.3) is 0 Å². The quantitative estimate of drug-likeness (QED) is 0.160. The summed E-state index contributed by atoms with van der Waals surface area (Å²) in [5.41, 5.74) is 16.8. The zero-order valence-corrected chi connectivity index (χ0v) is 42.0. The fourth-order valence-electron chi connectivity index (χ4n) is 12.5. The average Bonchev–Trinajstić information content (AvgIpc) is 4.31. The van der Waals surface area contributed by atoms with Crippen molar-refractivity contribution in [3.63, 3.8) is 0 Å². The molecule has 5 heterocycles. The molecule has 0 saturated carbocycles. The maximum atomic E-state index is 12.2. The smallest absolute Gasteiger partial charge is 0.160 e. The number of nitrogens with zero attached hydrogens (tertiary/aromatic N) is 7. The van der Waals surface area contributed by atoms with E-state index in [0.717, 1.165) is 133 Å². The Morgan fingerprint density at radius 2 is 0.692 bits per heavy atom. The summed E-state index contributed by atoms with van der Waals surface area (Å²) in [4.78, 5) is 10.7. The molecule has 0 spiro atoms. The fourth-order valence-corrected chi connectivity index (χ4v) is 12.5. The van der Waals surface area contributed by atoms with Crippen LogP contribution in [0.25, 0.3) is 144 Å². The molecule has 11 aromatic carbocycles. The zero-order chi connectivity index (χ0) is 51.4. The lowest BCUT2D eigenvalue weighted by Gasteiger charge is -2.19. The molecule has 0 aliphatic carbocycles. The molecule has 0 N–H and O–H groups in total. The molecule has 0 fully saturated rings. The Bertz CT molecular complexity index is 5080. The lowest BCUT2D eigenvalue weighted by Crippen LogP contribution is -2.06. The molecular formula is C71H43N7. The SMILES string of the molecule is N#Cc1c(-n2c3ccccc3c3c2ccc2c4ccccc4n(-c4ccccc4)c23)cc(-c2cc(-c3ccccc3)nc(-c3ccccc3)n2)cc1-n1c2ccccc2c2ccc3c(c4ccccc4n3-c3ccccc3)c21. The lowest BCUT2D eigenvalue weighted by molar-refractivity contribution is 1.11. The Labute approximate surface area is 447 Å². The van der Waals surface area contributed by atoms with Crippen LogP contribution < -0.4 is 0 Å². The van der Waals surface area contributed by atoms with E-state index in [1.807, 2.05) is 36.4 Å². The van der Waals surface area contributed by atoms with Crippen molar-refractivity contribution < 1.29 is 0 Å². The lowest BCUT2D eigenvalue weighted by atomic mass is 10.0. The van der Waals surface area contributed by atoms with E-state index in [4.69, 9.17) is 9.97 Å². The summed E-state index contributed by atoms with van der Waals surface area (Å²) in [6.45, 7) is 0. The molecule has 0 atom stereocenters. The molecule has 0 aliphatic rings. The van der Waals surface area contributed by atoms with Gasteiger partial charge in [0, 0.05) is 71.2 Å². The van der Waals surface area contributed by atoms with Crippen LogP contribution in [0.15, 0.2) is 261 Å². The first-order valence-corrected chi connectivity index (χ1v) is 26.3. The Balaban J connectivity index is 1.09. The molecule has 0 radical (unpaired) electrons. The highest BCUT2D eigenvalue weighted by molar-refractivity contribution is 6.28. The molecular weight excluding hydrogens is 951 g/mol. The highest BCUT2D eigenvalue weighted by atomic mass is 15.0. The number of rotatable bonds is 7. The van der Waals surface area contributed by atoms with Gasteiger partial charge < -0.3 is 18.3 Å². The van der Waals surface area contributed by atoms with Crippen LogP contribution in [0.5, 0.6) is 0 Å². The van der Waals surface area contributed by atoms with Gasteiger partial charge >= 0.3 is 0 Å². The van der Waals surface area contributed by atoms with Crippen molar-refractivity contribution in [1.29, 1.82) is 5.26 Å². The van der Waals surface area contributed by atoms with Crippen molar-refractivity contribution in [3.05, 3.63) is 266 Å². The van der Waals surface area contributed by atoms with Crippen molar-refractivity contribution in [2.45, 2.75) is 0 Å². The van der Waals surface area contributed by atoms with Crippen molar-refractivity contribution >= 4 is 87.2 Å². The van der Waals surface area contributed by atoms with Crippen molar-refractivity contribution in [3.8, 4) is 62.7 Å². The van der Waals surface area contributed by atoms with Crippen LogP contribution in [0.1, 0.15) is 5.56 Å². The van der Waals surface area contributed by atoms with Crippen LogP contribution in [-0.4, -0.2) is 28.2 Å². The van der Waals surface area contributed by atoms with E-state index in [0.29, 0.717) is 11.4 Å². The van der Waals surface area contributed by atoms with Gasteiger partial charge in [-0.3, -0.25) is 0 Å². The summed E-state index contributed by atoms with van der Waals surface area (Å²) in [5, 5.41) is 21.2. The third kappa shape index (κ3) is 6.38. The van der Waals surface area contributed by atoms with Crippen LogP contribution in [0.3, 0.4) is 0 Å². The molecule has 7 nitrogen and oxygen atoms in total. The zero-order valence-electron chi connectivity index (χ0n) is 42.0. The highest BCUT2D eigenvalue weighted by Crippen LogP contribution is 2.47. The average molecular weight is 994 g/mol. The maximum Gasteiger partial charge on any atom is 0.160 e. The van der Waals surface area contributed by atoms with Crippen LogP contribution in [-0.2, 0) is 0 Å². The monoisotopic (exact) mass is 993 g/mol. The third-order valence-electron chi connectivity index (χ3n) is 15.8. The Kier molecular flexibility index (Phi) is 9.56. The molecule has 5 aromatic heterocycles. The second-order valence-electron chi connectivity index (χ2n) is 20.0. The predicted molar refractivity (Wildman–Crippen MR) is 320 cm³/mol. The Morgan fingerprint density at radius 3 is 1.24 bits per heavy atom. The van der Waals surface area contributed by atoms with E-state index in [-0.39, 0.29) is 0 Å². The molecule has 16 aromatic rings. The van der Waals surface area contributed by atoms with Crippen LogP contribution in [0, 0.1) is 11.3 Å². The molecule has 0 bridgehead atoms. The van der Waals surface area contributed by atoms with Crippen molar-refractivity contribution in [1.82, 2.24) is 28.2 Å². The second-order valence-corrected chi connectivity index (χ2v) is 20.0. The van der Waals surface area contributed by atoms with E-state index < -0.39 is 0 Å². The number of hydrogen-bond acceptors (Lipinski definition) is 3. The molecule has 78 heavy (non-hydrogen) atoms. The summed E-state index contributed by atoms with van der Waals surface area (Å²) in [6.07, 6.45) is 0. The first kappa shape index (κ1) is 43.6. The van der Waals surface area contributed by atoms with Gasteiger partial charge in [-0.15, -0.1) is 0 Å². The molecule has 7 heteroatoms. The van der Waals surface area contributed by atoms with Gasteiger partial charge in [0.15, 0.2) is 5.82 Å². The van der Waals surface area contributed by atoms with Gasteiger partial charge in [-0.1, -0.05) is 182 Å². The normalized spacial score (nSPS) is 11.8. The first-order chi connectivity index (χ1) is 38.7. The summed E-state index contributed by atoms with van der Waals surface area (Å²) in [7, 11) is 0. The number of benzene rings is 11. The molecule has 0 unspecified atom stereocenters.